The van der Waals surface area contributed by atoms with E-state index in [1.165, 1.54) is 18.2 Å². The highest BCUT2D eigenvalue weighted by Crippen LogP contribution is 2.15. The Balaban J connectivity index is 1.77. The molecule has 0 aliphatic rings. The highest BCUT2D eigenvalue weighted by Gasteiger charge is 2.14. The summed E-state index contributed by atoms with van der Waals surface area (Å²) in [7, 11) is 0. The van der Waals surface area contributed by atoms with Crippen molar-refractivity contribution in [2.24, 2.45) is 0 Å². The quantitative estimate of drug-likeness (QED) is 0.354. The van der Waals surface area contributed by atoms with Crippen molar-refractivity contribution < 1.29 is 14.1 Å². The molecular formula is C21H18N2O4. The lowest BCUT2D eigenvalue weighted by molar-refractivity contribution is -0.384. The van der Waals surface area contributed by atoms with Crippen LogP contribution in [0.5, 0.6) is 0 Å². The van der Waals surface area contributed by atoms with E-state index in [-0.39, 0.29) is 11.6 Å². The first-order chi connectivity index (χ1) is 13.1. The van der Waals surface area contributed by atoms with Crippen LogP contribution in [-0.2, 0) is 17.9 Å². The van der Waals surface area contributed by atoms with Crippen LogP contribution in [0.25, 0.3) is 6.08 Å². The van der Waals surface area contributed by atoms with Gasteiger partial charge in [0, 0.05) is 24.8 Å². The summed E-state index contributed by atoms with van der Waals surface area (Å²) in [5.41, 5.74) is 1.58. The molecule has 0 aliphatic carbocycles. The molecule has 0 saturated heterocycles. The molecule has 0 aliphatic heterocycles. The Labute approximate surface area is 156 Å². The summed E-state index contributed by atoms with van der Waals surface area (Å²) in [6.45, 7) is 0.764. The van der Waals surface area contributed by atoms with E-state index in [1.54, 1.807) is 35.4 Å². The second-order valence-electron chi connectivity index (χ2n) is 5.94. The van der Waals surface area contributed by atoms with Crippen molar-refractivity contribution in [1.82, 2.24) is 4.90 Å². The standard InChI is InChI=1S/C21H18N2O4/c24-21(12-11-17-8-4-9-19(14-17)23(25)26)22(16-20-10-5-13-27-20)15-18-6-2-1-3-7-18/h1-14H,15-16H2/b12-11+. The van der Waals surface area contributed by atoms with Gasteiger partial charge in [0.2, 0.25) is 5.91 Å². The number of carbonyl (C=O) groups is 1. The van der Waals surface area contributed by atoms with E-state index in [2.05, 4.69) is 0 Å². The van der Waals surface area contributed by atoms with Crippen molar-refractivity contribution in [2.45, 2.75) is 13.1 Å². The Hall–Kier alpha value is -3.67. The highest BCUT2D eigenvalue weighted by atomic mass is 16.6. The van der Waals surface area contributed by atoms with Crippen LogP contribution >= 0.6 is 0 Å². The van der Waals surface area contributed by atoms with Crippen LogP contribution < -0.4 is 0 Å². The normalized spacial score (nSPS) is 10.8. The molecular weight excluding hydrogens is 344 g/mol. The number of nitrogens with zero attached hydrogens (tertiary/aromatic N) is 2. The van der Waals surface area contributed by atoms with Crippen molar-refractivity contribution in [3.8, 4) is 0 Å². The zero-order valence-electron chi connectivity index (χ0n) is 14.5. The highest BCUT2D eigenvalue weighted by molar-refractivity contribution is 5.91. The molecule has 2 aromatic carbocycles. The number of non-ortho nitro benzene ring substituents is 1. The predicted octanol–water partition coefficient (Wildman–Crippen LogP) is 4.43. The lowest BCUT2D eigenvalue weighted by Gasteiger charge is -2.20. The lowest BCUT2D eigenvalue weighted by Crippen LogP contribution is -2.28. The molecule has 6 heteroatoms. The first-order valence-corrected chi connectivity index (χ1v) is 8.39. The molecule has 136 valence electrons. The molecule has 0 fully saturated rings. The molecule has 1 aromatic heterocycles. The maximum Gasteiger partial charge on any atom is 0.270 e. The van der Waals surface area contributed by atoms with Crippen molar-refractivity contribution >= 4 is 17.7 Å². The number of hydrogen-bond acceptors (Lipinski definition) is 4. The van der Waals surface area contributed by atoms with E-state index in [9.17, 15) is 14.9 Å². The third kappa shape index (κ3) is 5.15. The minimum atomic E-state index is -0.461. The molecule has 27 heavy (non-hydrogen) atoms. The van der Waals surface area contributed by atoms with Crippen LogP contribution in [0.3, 0.4) is 0 Å². The molecule has 0 spiro atoms. The Morgan fingerprint density at radius 3 is 2.56 bits per heavy atom. The van der Waals surface area contributed by atoms with Gasteiger partial charge in [-0.3, -0.25) is 14.9 Å². The summed E-state index contributed by atoms with van der Waals surface area (Å²) in [5, 5.41) is 10.9. The van der Waals surface area contributed by atoms with Gasteiger partial charge < -0.3 is 9.32 Å². The summed E-state index contributed by atoms with van der Waals surface area (Å²) in [6, 6.07) is 19.4. The van der Waals surface area contributed by atoms with Crippen molar-refractivity contribution in [3.05, 3.63) is 106 Å². The zero-order valence-corrected chi connectivity index (χ0v) is 14.5. The largest absolute Gasteiger partial charge is 0.467 e. The van der Waals surface area contributed by atoms with E-state index in [4.69, 9.17) is 4.42 Å². The van der Waals surface area contributed by atoms with Gasteiger partial charge in [-0.05, 0) is 29.3 Å². The Morgan fingerprint density at radius 2 is 1.85 bits per heavy atom. The summed E-state index contributed by atoms with van der Waals surface area (Å²) in [6.07, 6.45) is 4.57. The van der Waals surface area contributed by atoms with Crippen LogP contribution in [0.1, 0.15) is 16.9 Å². The van der Waals surface area contributed by atoms with Gasteiger partial charge in [0.05, 0.1) is 17.7 Å². The number of nitro groups is 1. The van der Waals surface area contributed by atoms with Crippen molar-refractivity contribution in [3.63, 3.8) is 0 Å². The number of furan rings is 1. The molecule has 1 heterocycles. The van der Waals surface area contributed by atoms with Crippen molar-refractivity contribution in [2.75, 3.05) is 0 Å². The molecule has 0 radical (unpaired) electrons. The van der Waals surface area contributed by atoms with Crippen LogP contribution in [0.15, 0.2) is 83.5 Å². The fourth-order valence-electron chi connectivity index (χ4n) is 2.62. The van der Waals surface area contributed by atoms with Gasteiger partial charge in [0.25, 0.3) is 5.69 Å². The number of hydrogen-bond donors (Lipinski definition) is 0. The molecule has 0 bridgehead atoms. The number of nitro benzene ring substituents is 1. The molecule has 6 nitrogen and oxygen atoms in total. The molecule has 0 N–H and O–H groups in total. The molecule has 1 amide bonds. The average molecular weight is 362 g/mol. The molecule has 0 unspecified atom stereocenters. The van der Waals surface area contributed by atoms with Gasteiger partial charge in [-0.2, -0.15) is 0 Å². The van der Waals surface area contributed by atoms with Gasteiger partial charge in [0.15, 0.2) is 0 Å². The van der Waals surface area contributed by atoms with Crippen LogP contribution in [0.2, 0.25) is 0 Å². The fraction of sp³-hybridized carbons (Fsp3) is 0.0952. The number of carbonyl (C=O) groups excluding carboxylic acids is 1. The van der Waals surface area contributed by atoms with Gasteiger partial charge in [-0.25, -0.2) is 0 Å². The molecule has 3 aromatic rings. The number of rotatable bonds is 7. The van der Waals surface area contributed by atoms with Gasteiger partial charge in [0.1, 0.15) is 5.76 Å². The fourth-order valence-corrected chi connectivity index (χ4v) is 2.62. The smallest absolute Gasteiger partial charge is 0.270 e. The average Bonchev–Trinajstić information content (AvgIpc) is 3.20. The predicted molar refractivity (Wildman–Crippen MR) is 102 cm³/mol. The summed E-state index contributed by atoms with van der Waals surface area (Å²) >= 11 is 0. The molecule has 0 saturated carbocycles. The zero-order chi connectivity index (χ0) is 19.1. The van der Waals surface area contributed by atoms with Gasteiger partial charge in [-0.1, -0.05) is 42.5 Å². The van der Waals surface area contributed by atoms with Crippen LogP contribution in [-0.4, -0.2) is 15.7 Å². The summed E-state index contributed by atoms with van der Waals surface area (Å²) in [5.74, 6) is 0.477. The third-order valence-electron chi connectivity index (χ3n) is 3.95. The topological polar surface area (TPSA) is 76.6 Å². The van der Waals surface area contributed by atoms with Gasteiger partial charge >= 0.3 is 0 Å². The Kier molecular flexibility index (Phi) is 5.79. The van der Waals surface area contributed by atoms with E-state index >= 15 is 0 Å². The number of benzene rings is 2. The summed E-state index contributed by atoms with van der Waals surface area (Å²) in [4.78, 5) is 24.8. The van der Waals surface area contributed by atoms with E-state index in [0.717, 1.165) is 5.56 Å². The summed E-state index contributed by atoms with van der Waals surface area (Å²) < 4.78 is 5.36. The lowest BCUT2D eigenvalue weighted by atomic mass is 10.1. The SMILES string of the molecule is O=C(/C=C/c1cccc([N+](=O)[O-])c1)N(Cc1ccccc1)Cc1ccco1. The van der Waals surface area contributed by atoms with E-state index in [0.29, 0.717) is 24.4 Å². The minimum absolute atomic E-state index is 0.0127. The number of amides is 1. The maximum absolute atomic E-state index is 12.7. The van der Waals surface area contributed by atoms with Gasteiger partial charge in [-0.15, -0.1) is 0 Å². The third-order valence-corrected chi connectivity index (χ3v) is 3.95. The molecule has 3 rings (SSSR count). The van der Waals surface area contributed by atoms with Crippen molar-refractivity contribution in [1.29, 1.82) is 0 Å². The Morgan fingerprint density at radius 1 is 1.04 bits per heavy atom. The molecule has 0 atom stereocenters. The first kappa shape index (κ1) is 18.1. The van der Waals surface area contributed by atoms with Crippen LogP contribution in [0, 0.1) is 10.1 Å². The second kappa shape index (κ2) is 8.62. The second-order valence-corrected chi connectivity index (χ2v) is 5.94. The monoisotopic (exact) mass is 362 g/mol. The maximum atomic E-state index is 12.7. The minimum Gasteiger partial charge on any atom is -0.467 e. The van der Waals surface area contributed by atoms with Crippen LogP contribution in [0.4, 0.5) is 5.69 Å². The van der Waals surface area contributed by atoms with E-state index < -0.39 is 4.92 Å². The first-order valence-electron chi connectivity index (χ1n) is 8.39. The Bertz CT molecular complexity index is 934. The van der Waals surface area contributed by atoms with E-state index in [1.807, 2.05) is 36.4 Å².